The van der Waals surface area contributed by atoms with E-state index in [1.807, 2.05) is 0 Å². The van der Waals surface area contributed by atoms with Gasteiger partial charge in [0.15, 0.2) is 0 Å². The van der Waals surface area contributed by atoms with Gasteiger partial charge >= 0.3 is 0 Å². The second kappa shape index (κ2) is 7.69. The molecule has 0 fully saturated rings. The van der Waals surface area contributed by atoms with Crippen molar-refractivity contribution in [1.29, 1.82) is 0 Å². The van der Waals surface area contributed by atoms with E-state index in [4.69, 9.17) is 0 Å². The molecule has 0 bridgehead atoms. The second-order valence-corrected chi connectivity index (χ2v) is 1.53. The number of rotatable bonds is 3. The highest BCUT2D eigenvalue weighted by Gasteiger charge is 1.89. The van der Waals surface area contributed by atoms with Crippen molar-refractivity contribution in [3.8, 4) is 0 Å². The maximum atomic E-state index is 3.75. The van der Waals surface area contributed by atoms with Crippen molar-refractivity contribution in [2.45, 2.75) is 13.8 Å². The topological polar surface area (TPSA) is 3.24 Å². The summed E-state index contributed by atoms with van der Waals surface area (Å²) in [6.45, 7) is 11.2. The Balaban J connectivity index is 0. The minimum Gasteiger partial charge on any atom is -0.304 e. The average molecular weight is 228 g/mol. The van der Waals surface area contributed by atoms with Crippen molar-refractivity contribution < 1.29 is 0 Å². The van der Waals surface area contributed by atoms with E-state index in [1.165, 1.54) is 0 Å². The summed E-state index contributed by atoms with van der Waals surface area (Å²) in [7, 11) is 0. The summed E-state index contributed by atoms with van der Waals surface area (Å²) in [4.78, 5) is 2.26. The fraction of sp³-hybridized carbons (Fsp3) is 0.833. The van der Waals surface area contributed by atoms with Crippen LogP contribution in [0.25, 0.3) is 0 Å². The number of nitrogens with zero attached hydrogens (tertiary/aromatic N) is 1. The molecule has 0 aromatic rings. The maximum Gasteiger partial charge on any atom is -0.00185 e. The molecular weight excluding hydrogens is 213 g/mol. The zero-order valence-corrected chi connectivity index (χ0v) is 8.01. The normalized spacial score (nSPS) is 9.00. The van der Waals surface area contributed by atoms with E-state index in [-0.39, 0.29) is 24.0 Å². The lowest BCUT2D eigenvalue weighted by molar-refractivity contribution is 0.336. The van der Waals surface area contributed by atoms with Gasteiger partial charge in [-0.25, -0.2) is 0 Å². The van der Waals surface area contributed by atoms with Gasteiger partial charge in [0, 0.05) is 0 Å². The van der Waals surface area contributed by atoms with E-state index in [1.54, 1.807) is 0 Å². The van der Waals surface area contributed by atoms with Crippen LogP contribution in [0.3, 0.4) is 0 Å². The lowest BCUT2D eigenvalue weighted by Crippen LogP contribution is -2.21. The summed E-state index contributed by atoms with van der Waals surface area (Å²) in [6.07, 6.45) is 0. The smallest absolute Gasteiger partial charge is 0.00185 e. The highest BCUT2D eigenvalue weighted by molar-refractivity contribution is 14.0. The molecule has 1 nitrogen and oxygen atoms in total. The van der Waals surface area contributed by atoms with Crippen LogP contribution in [0.4, 0.5) is 0 Å². The van der Waals surface area contributed by atoms with Crippen molar-refractivity contribution in [3.63, 3.8) is 0 Å². The summed E-state index contributed by atoms with van der Waals surface area (Å²) in [5, 5.41) is 0. The molecule has 0 aromatic heterocycles. The Morgan fingerprint density at radius 2 is 1.62 bits per heavy atom. The quantitative estimate of drug-likeness (QED) is 0.665. The molecule has 0 aliphatic rings. The molecule has 2 heteroatoms. The van der Waals surface area contributed by atoms with Crippen LogP contribution in [0.15, 0.2) is 0 Å². The van der Waals surface area contributed by atoms with E-state index >= 15 is 0 Å². The predicted molar refractivity (Wildman–Crippen MR) is 48.6 cm³/mol. The lowest BCUT2D eigenvalue weighted by Gasteiger charge is -2.13. The van der Waals surface area contributed by atoms with Gasteiger partial charge in [0.2, 0.25) is 0 Å². The summed E-state index contributed by atoms with van der Waals surface area (Å²) in [6, 6.07) is 0. The molecule has 8 heavy (non-hydrogen) atoms. The molecule has 0 aliphatic carbocycles. The van der Waals surface area contributed by atoms with Gasteiger partial charge < -0.3 is 4.90 Å². The number of halogens is 1. The minimum atomic E-state index is 0. The van der Waals surface area contributed by atoms with Crippen LogP contribution >= 0.6 is 24.0 Å². The van der Waals surface area contributed by atoms with Crippen LogP contribution in [0.2, 0.25) is 0 Å². The van der Waals surface area contributed by atoms with Gasteiger partial charge in [-0.3, -0.25) is 0 Å². The van der Waals surface area contributed by atoms with E-state index in [2.05, 4.69) is 25.7 Å². The molecule has 0 aromatic carbocycles. The maximum absolute atomic E-state index is 3.75. The Morgan fingerprint density at radius 3 is 1.62 bits per heavy atom. The first-order valence-electron chi connectivity index (χ1n) is 2.86. The fourth-order valence-corrected chi connectivity index (χ4v) is 0.540. The molecular formula is C6H15IN. The Morgan fingerprint density at radius 1 is 1.25 bits per heavy atom. The van der Waals surface area contributed by atoms with Gasteiger partial charge in [-0.15, -0.1) is 24.0 Å². The van der Waals surface area contributed by atoms with Crippen molar-refractivity contribution in [2.75, 3.05) is 19.6 Å². The van der Waals surface area contributed by atoms with E-state index in [0.29, 0.717) is 0 Å². The fourth-order valence-electron chi connectivity index (χ4n) is 0.540. The van der Waals surface area contributed by atoms with E-state index < -0.39 is 0 Å². The Labute approximate surface area is 69.5 Å². The van der Waals surface area contributed by atoms with Crippen molar-refractivity contribution in [3.05, 3.63) is 6.92 Å². The molecule has 0 saturated carbocycles. The molecule has 51 valence electrons. The Bertz CT molecular complexity index is 30.0. The van der Waals surface area contributed by atoms with Gasteiger partial charge in [0.25, 0.3) is 0 Å². The first kappa shape index (κ1) is 11.5. The summed E-state index contributed by atoms with van der Waals surface area (Å²) < 4.78 is 0. The van der Waals surface area contributed by atoms with Crippen molar-refractivity contribution in [2.24, 2.45) is 0 Å². The summed E-state index contributed by atoms with van der Waals surface area (Å²) in [5.74, 6) is 0. The molecule has 0 saturated heterocycles. The van der Waals surface area contributed by atoms with Gasteiger partial charge in [0.1, 0.15) is 0 Å². The largest absolute Gasteiger partial charge is 0.304 e. The Kier molecular flexibility index (Phi) is 11.0. The van der Waals surface area contributed by atoms with Crippen molar-refractivity contribution >= 4 is 24.0 Å². The molecule has 0 unspecified atom stereocenters. The number of hydrogen-bond acceptors (Lipinski definition) is 1. The highest BCUT2D eigenvalue weighted by Crippen LogP contribution is 1.81. The van der Waals surface area contributed by atoms with Crippen LogP contribution < -0.4 is 0 Å². The zero-order valence-electron chi connectivity index (χ0n) is 5.68. The van der Waals surface area contributed by atoms with Crippen LogP contribution in [-0.2, 0) is 0 Å². The first-order valence-corrected chi connectivity index (χ1v) is 2.86. The molecule has 0 atom stereocenters. The SMILES string of the molecule is I.[CH2]CN(CC)CC. The van der Waals surface area contributed by atoms with Crippen LogP contribution in [-0.4, -0.2) is 24.5 Å². The molecule has 0 rings (SSSR count). The second-order valence-electron chi connectivity index (χ2n) is 1.53. The van der Waals surface area contributed by atoms with Gasteiger partial charge in [-0.2, -0.15) is 0 Å². The molecule has 0 N–H and O–H groups in total. The highest BCUT2D eigenvalue weighted by atomic mass is 127. The van der Waals surface area contributed by atoms with E-state index in [0.717, 1.165) is 19.6 Å². The third-order valence-electron chi connectivity index (χ3n) is 1.21. The Hall–Kier alpha value is 0.690. The monoisotopic (exact) mass is 228 g/mol. The van der Waals surface area contributed by atoms with E-state index in [9.17, 15) is 0 Å². The third kappa shape index (κ3) is 4.84. The lowest BCUT2D eigenvalue weighted by atomic mass is 10.5. The van der Waals surface area contributed by atoms with Gasteiger partial charge in [-0.05, 0) is 26.6 Å². The first-order chi connectivity index (χ1) is 3.35. The molecule has 1 radical (unpaired) electrons. The summed E-state index contributed by atoms with van der Waals surface area (Å²) in [5.41, 5.74) is 0. The van der Waals surface area contributed by atoms with Gasteiger partial charge in [0.05, 0.1) is 0 Å². The van der Waals surface area contributed by atoms with Crippen LogP contribution in [0.1, 0.15) is 13.8 Å². The van der Waals surface area contributed by atoms with Gasteiger partial charge in [-0.1, -0.05) is 13.8 Å². The predicted octanol–water partition coefficient (Wildman–Crippen LogP) is 1.78. The summed E-state index contributed by atoms with van der Waals surface area (Å²) >= 11 is 0. The van der Waals surface area contributed by atoms with Crippen LogP contribution in [0, 0.1) is 6.92 Å². The molecule has 0 amide bonds. The average Bonchev–Trinajstić information content (AvgIpc) is 1.72. The molecule has 0 aliphatic heterocycles. The zero-order chi connectivity index (χ0) is 5.70. The third-order valence-corrected chi connectivity index (χ3v) is 1.21. The molecule has 0 heterocycles. The minimum absolute atomic E-state index is 0. The van der Waals surface area contributed by atoms with Crippen molar-refractivity contribution in [1.82, 2.24) is 4.90 Å². The standard InChI is InChI=1S/C6H14N.HI/c1-4-7(5-2)6-3;/h1,4-6H2,2-3H3;1H. The van der Waals surface area contributed by atoms with Crippen LogP contribution in [0.5, 0.6) is 0 Å². The number of hydrogen-bond donors (Lipinski definition) is 0. The molecule has 0 spiro atoms.